The molecule has 1 fully saturated rings. The summed E-state index contributed by atoms with van der Waals surface area (Å²) in [5.74, 6) is 0.742. The van der Waals surface area contributed by atoms with Gasteiger partial charge >= 0.3 is 0 Å². The molecular weight excluding hydrogens is 264 g/mol. The van der Waals surface area contributed by atoms with E-state index in [-0.39, 0.29) is 0 Å². The van der Waals surface area contributed by atoms with E-state index in [4.69, 9.17) is 10.2 Å². The standard InChI is InChI=1S/C17H14N2O2/c18-16(20)12-2-1-3-13(8-12)17-19-14-7-6-11(10-4-5-10)9-15(14)21-17/h1-3,6-10H,4-5H2,(H2,18,20). The third kappa shape index (κ3) is 2.18. The van der Waals surface area contributed by atoms with Crippen LogP contribution in [0.1, 0.15) is 34.7 Å². The number of rotatable bonds is 3. The van der Waals surface area contributed by atoms with Crippen molar-refractivity contribution in [3.05, 3.63) is 53.6 Å². The number of aromatic nitrogens is 1. The first-order chi connectivity index (χ1) is 10.2. The largest absolute Gasteiger partial charge is 0.436 e. The molecule has 1 amide bonds. The lowest BCUT2D eigenvalue weighted by atomic mass is 10.1. The number of hydrogen-bond donors (Lipinski definition) is 1. The Balaban J connectivity index is 1.79. The molecule has 4 heteroatoms. The maximum Gasteiger partial charge on any atom is 0.248 e. The molecule has 2 N–H and O–H groups in total. The van der Waals surface area contributed by atoms with Crippen LogP contribution in [0.3, 0.4) is 0 Å². The average Bonchev–Trinajstić information content (AvgIpc) is 3.26. The zero-order valence-corrected chi connectivity index (χ0v) is 11.4. The SMILES string of the molecule is NC(=O)c1cccc(-c2nc3ccc(C4CC4)cc3o2)c1. The average molecular weight is 278 g/mol. The van der Waals surface area contributed by atoms with E-state index < -0.39 is 5.91 Å². The van der Waals surface area contributed by atoms with Gasteiger partial charge in [0.15, 0.2) is 5.58 Å². The van der Waals surface area contributed by atoms with Crippen molar-refractivity contribution in [3.8, 4) is 11.5 Å². The number of carbonyl (C=O) groups excluding carboxylic acids is 1. The molecule has 21 heavy (non-hydrogen) atoms. The molecule has 1 heterocycles. The van der Waals surface area contributed by atoms with E-state index in [2.05, 4.69) is 17.1 Å². The maximum absolute atomic E-state index is 11.3. The molecule has 4 rings (SSSR count). The van der Waals surface area contributed by atoms with E-state index >= 15 is 0 Å². The Hall–Kier alpha value is -2.62. The first-order valence-electron chi connectivity index (χ1n) is 7.01. The number of fused-ring (bicyclic) bond motifs is 1. The molecule has 0 aliphatic heterocycles. The van der Waals surface area contributed by atoms with E-state index in [9.17, 15) is 4.79 Å². The summed E-state index contributed by atoms with van der Waals surface area (Å²) >= 11 is 0. The third-order valence-electron chi connectivity index (χ3n) is 3.86. The number of benzene rings is 2. The van der Waals surface area contributed by atoms with Crippen molar-refractivity contribution in [1.82, 2.24) is 4.98 Å². The molecule has 1 aliphatic carbocycles. The van der Waals surface area contributed by atoms with Crippen LogP contribution in [0.25, 0.3) is 22.6 Å². The minimum Gasteiger partial charge on any atom is -0.436 e. The van der Waals surface area contributed by atoms with Crippen LogP contribution in [0.2, 0.25) is 0 Å². The fourth-order valence-electron chi connectivity index (χ4n) is 2.54. The predicted molar refractivity (Wildman–Crippen MR) is 79.9 cm³/mol. The highest BCUT2D eigenvalue weighted by atomic mass is 16.3. The molecule has 104 valence electrons. The number of hydrogen-bond acceptors (Lipinski definition) is 3. The van der Waals surface area contributed by atoms with E-state index in [1.807, 2.05) is 12.1 Å². The van der Waals surface area contributed by atoms with Crippen LogP contribution in [0.5, 0.6) is 0 Å². The van der Waals surface area contributed by atoms with Crippen LogP contribution in [-0.2, 0) is 0 Å². The highest BCUT2D eigenvalue weighted by Gasteiger charge is 2.24. The van der Waals surface area contributed by atoms with Gasteiger partial charge in [0.2, 0.25) is 11.8 Å². The van der Waals surface area contributed by atoms with Crippen molar-refractivity contribution < 1.29 is 9.21 Å². The van der Waals surface area contributed by atoms with E-state index in [1.165, 1.54) is 18.4 Å². The minimum atomic E-state index is -0.455. The number of carbonyl (C=O) groups is 1. The van der Waals surface area contributed by atoms with Gasteiger partial charge in [-0.3, -0.25) is 4.79 Å². The highest BCUT2D eigenvalue weighted by Crippen LogP contribution is 2.41. The molecular formula is C17H14N2O2. The Morgan fingerprint density at radius 2 is 2.05 bits per heavy atom. The van der Waals surface area contributed by atoms with E-state index in [1.54, 1.807) is 18.2 Å². The van der Waals surface area contributed by atoms with Crippen molar-refractivity contribution in [1.29, 1.82) is 0 Å². The first-order valence-corrected chi connectivity index (χ1v) is 7.01. The van der Waals surface area contributed by atoms with Crippen molar-refractivity contribution in [3.63, 3.8) is 0 Å². The molecule has 1 aliphatic rings. The van der Waals surface area contributed by atoms with E-state index in [0.717, 1.165) is 16.7 Å². The molecule has 3 aromatic rings. The van der Waals surface area contributed by atoms with Gasteiger partial charge in [-0.15, -0.1) is 0 Å². The second kappa shape index (κ2) is 4.45. The summed E-state index contributed by atoms with van der Waals surface area (Å²) in [6, 6.07) is 13.2. The number of nitrogens with zero attached hydrogens (tertiary/aromatic N) is 1. The lowest BCUT2D eigenvalue weighted by Crippen LogP contribution is -2.10. The van der Waals surface area contributed by atoms with Crippen LogP contribution in [0.15, 0.2) is 46.9 Å². The van der Waals surface area contributed by atoms with Gasteiger partial charge in [0.25, 0.3) is 0 Å². The second-order valence-corrected chi connectivity index (χ2v) is 5.47. The van der Waals surface area contributed by atoms with Crippen molar-refractivity contribution in [2.45, 2.75) is 18.8 Å². The zero-order valence-electron chi connectivity index (χ0n) is 11.4. The summed E-state index contributed by atoms with van der Waals surface area (Å²) in [5.41, 5.74) is 9.46. The number of amides is 1. The number of primary amides is 1. The number of nitrogens with two attached hydrogens (primary N) is 1. The summed E-state index contributed by atoms with van der Waals surface area (Å²) in [4.78, 5) is 15.7. The fraction of sp³-hybridized carbons (Fsp3) is 0.176. The molecule has 4 nitrogen and oxygen atoms in total. The van der Waals surface area contributed by atoms with Gasteiger partial charge in [0.05, 0.1) is 0 Å². The topological polar surface area (TPSA) is 69.1 Å². The monoisotopic (exact) mass is 278 g/mol. The summed E-state index contributed by atoms with van der Waals surface area (Å²) in [7, 11) is 0. The molecule has 2 aromatic carbocycles. The second-order valence-electron chi connectivity index (χ2n) is 5.47. The van der Waals surface area contributed by atoms with Crippen molar-refractivity contribution in [2.24, 2.45) is 5.73 Å². The van der Waals surface area contributed by atoms with Gasteiger partial charge < -0.3 is 10.2 Å². The first kappa shape index (κ1) is 12.1. The molecule has 0 bridgehead atoms. The van der Waals surface area contributed by atoms with E-state index in [0.29, 0.717) is 17.4 Å². The lowest BCUT2D eigenvalue weighted by molar-refractivity contribution is 0.100. The van der Waals surface area contributed by atoms with Crippen LogP contribution in [-0.4, -0.2) is 10.9 Å². The molecule has 1 saturated carbocycles. The predicted octanol–water partition coefficient (Wildman–Crippen LogP) is 3.47. The Labute approximate surface area is 121 Å². The lowest BCUT2D eigenvalue weighted by Gasteiger charge is -1.98. The van der Waals surface area contributed by atoms with Crippen LogP contribution in [0.4, 0.5) is 0 Å². The summed E-state index contributed by atoms with van der Waals surface area (Å²) in [6.07, 6.45) is 2.51. The zero-order chi connectivity index (χ0) is 14.4. The normalized spacial score (nSPS) is 14.5. The summed E-state index contributed by atoms with van der Waals surface area (Å²) < 4.78 is 5.84. The summed E-state index contributed by atoms with van der Waals surface area (Å²) in [6.45, 7) is 0. The maximum atomic E-state index is 11.3. The minimum absolute atomic E-state index is 0.452. The van der Waals surface area contributed by atoms with Gasteiger partial charge in [0, 0.05) is 11.1 Å². The molecule has 0 spiro atoms. The van der Waals surface area contributed by atoms with Gasteiger partial charge in [0.1, 0.15) is 5.52 Å². The smallest absolute Gasteiger partial charge is 0.248 e. The van der Waals surface area contributed by atoms with Crippen molar-refractivity contribution in [2.75, 3.05) is 0 Å². The van der Waals surface area contributed by atoms with Crippen LogP contribution in [0, 0.1) is 0 Å². The summed E-state index contributed by atoms with van der Waals surface area (Å²) in [5, 5.41) is 0. The molecule has 1 aromatic heterocycles. The quantitative estimate of drug-likeness (QED) is 0.797. The van der Waals surface area contributed by atoms with Gasteiger partial charge in [-0.1, -0.05) is 12.1 Å². The van der Waals surface area contributed by atoms with Crippen molar-refractivity contribution >= 4 is 17.0 Å². The fourth-order valence-corrected chi connectivity index (χ4v) is 2.54. The van der Waals surface area contributed by atoms with Crippen LogP contribution < -0.4 is 5.73 Å². The van der Waals surface area contributed by atoms with Gasteiger partial charge in [-0.05, 0) is 54.7 Å². The highest BCUT2D eigenvalue weighted by molar-refractivity contribution is 5.94. The third-order valence-corrected chi connectivity index (χ3v) is 3.86. The molecule has 0 radical (unpaired) electrons. The molecule has 0 unspecified atom stereocenters. The Kier molecular flexibility index (Phi) is 2.57. The Morgan fingerprint density at radius 3 is 2.81 bits per heavy atom. The van der Waals surface area contributed by atoms with Gasteiger partial charge in [-0.2, -0.15) is 0 Å². The number of oxazole rings is 1. The molecule has 0 atom stereocenters. The Morgan fingerprint density at radius 1 is 1.19 bits per heavy atom. The molecule has 0 saturated heterocycles. The van der Waals surface area contributed by atoms with Crippen LogP contribution >= 0.6 is 0 Å². The Bertz CT molecular complexity index is 847. The van der Waals surface area contributed by atoms with Gasteiger partial charge in [-0.25, -0.2) is 4.98 Å².